The molecule has 1 aromatic heterocycles. The Labute approximate surface area is 98.6 Å². The van der Waals surface area contributed by atoms with Crippen LogP contribution in [0.1, 0.15) is 18.4 Å². The topological polar surface area (TPSA) is 108 Å². The largest absolute Gasteiger partial charge is 0.409 e. The lowest BCUT2D eigenvalue weighted by atomic mass is 10.1. The standard InChI is InChI=1S/C10H15N5O2/c11-9(14-17)8-1-4-12-13-10(8)15-5-2-7(16)3-6-15/h1,4,7,16-17H,2-3,5-6H2,(H2,11,14). The van der Waals surface area contributed by atoms with Gasteiger partial charge in [0.1, 0.15) is 0 Å². The van der Waals surface area contributed by atoms with Crippen molar-refractivity contribution in [2.45, 2.75) is 18.9 Å². The van der Waals surface area contributed by atoms with E-state index < -0.39 is 0 Å². The van der Waals surface area contributed by atoms with Crippen molar-refractivity contribution < 1.29 is 10.3 Å². The molecular formula is C10H15N5O2. The molecule has 0 bridgehead atoms. The first-order valence-corrected chi connectivity index (χ1v) is 5.45. The third-order valence-corrected chi connectivity index (χ3v) is 2.85. The van der Waals surface area contributed by atoms with Crippen LogP contribution in [0.25, 0.3) is 0 Å². The smallest absolute Gasteiger partial charge is 0.173 e. The molecule has 0 saturated carbocycles. The molecule has 17 heavy (non-hydrogen) atoms. The summed E-state index contributed by atoms with van der Waals surface area (Å²) in [5.41, 5.74) is 6.14. The summed E-state index contributed by atoms with van der Waals surface area (Å²) in [6.45, 7) is 1.37. The van der Waals surface area contributed by atoms with Crippen LogP contribution in [0.2, 0.25) is 0 Å². The van der Waals surface area contributed by atoms with E-state index in [-0.39, 0.29) is 11.9 Å². The molecule has 0 spiro atoms. The molecule has 1 saturated heterocycles. The fourth-order valence-electron chi connectivity index (χ4n) is 1.89. The molecule has 0 radical (unpaired) electrons. The first kappa shape index (κ1) is 11.6. The lowest BCUT2D eigenvalue weighted by molar-refractivity contribution is 0.145. The van der Waals surface area contributed by atoms with Crippen LogP contribution in [0.5, 0.6) is 0 Å². The molecule has 2 rings (SSSR count). The third kappa shape index (κ3) is 2.44. The number of hydrogen-bond acceptors (Lipinski definition) is 6. The fraction of sp³-hybridized carbons (Fsp3) is 0.500. The van der Waals surface area contributed by atoms with Gasteiger partial charge in [-0.15, -0.1) is 5.10 Å². The average Bonchev–Trinajstić information content (AvgIpc) is 2.39. The van der Waals surface area contributed by atoms with Crippen LogP contribution in [-0.2, 0) is 0 Å². The number of anilines is 1. The molecule has 1 aliphatic heterocycles. The van der Waals surface area contributed by atoms with E-state index in [2.05, 4.69) is 15.4 Å². The summed E-state index contributed by atoms with van der Waals surface area (Å²) in [5.74, 6) is 0.607. The lowest BCUT2D eigenvalue weighted by Crippen LogP contribution is -2.37. The quantitative estimate of drug-likeness (QED) is 0.278. The first-order chi connectivity index (χ1) is 8.22. The van der Waals surface area contributed by atoms with Gasteiger partial charge in [-0.2, -0.15) is 5.10 Å². The summed E-state index contributed by atoms with van der Waals surface area (Å²) < 4.78 is 0. The minimum atomic E-state index is -0.254. The van der Waals surface area contributed by atoms with Gasteiger partial charge in [0.25, 0.3) is 0 Å². The van der Waals surface area contributed by atoms with Crippen LogP contribution in [-0.4, -0.2) is 45.5 Å². The van der Waals surface area contributed by atoms with Crippen molar-refractivity contribution in [3.63, 3.8) is 0 Å². The van der Waals surface area contributed by atoms with Gasteiger partial charge < -0.3 is 20.9 Å². The van der Waals surface area contributed by atoms with Crippen molar-refractivity contribution in [3.05, 3.63) is 17.8 Å². The second kappa shape index (κ2) is 4.96. The Hall–Kier alpha value is -1.89. The molecule has 4 N–H and O–H groups in total. The maximum atomic E-state index is 9.45. The van der Waals surface area contributed by atoms with E-state index in [0.717, 1.165) is 0 Å². The van der Waals surface area contributed by atoms with Crippen molar-refractivity contribution in [3.8, 4) is 0 Å². The van der Waals surface area contributed by atoms with Crippen molar-refractivity contribution in [2.24, 2.45) is 10.9 Å². The molecule has 1 aliphatic rings. The minimum Gasteiger partial charge on any atom is -0.409 e. The fourth-order valence-corrected chi connectivity index (χ4v) is 1.89. The second-order valence-electron chi connectivity index (χ2n) is 3.97. The van der Waals surface area contributed by atoms with Crippen LogP contribution in [0.4, 0.5) is 5.82 Å². The van der Waals surface area contributed by atoms with Gasteiger partial charge in [0.05, 0.1) is 17.9 Å². The predicted octanol–water partition coefficient (Wildman–Crippen LogP) is -0.468. The average molecular weight is 237 g/mol. The van der Waals surface area contributed by atoms with Crippen molar-refractivity contribution >= 4 is 11.7 Å². The molecule has 1 fully saturated rings. The van der Waals surface area contributed by atoms with Gasteiger partial charge >= 0.3 is 0 Å². The number of nitrogens with two attached hydrogens (primary N) is 1. The first-order valence-electron chi connectivity index (χ1n) is 5.45. The normalized spacial score (nSPS) is 18.4. The molecule has 7 heteroatoms. The molecule has 0 aliphatic carbocycles. The van der Waals surface area contributed by atoms with Crippen LogP contribution < -0.4 is 10.6 Å². The highest BCUT2D eigenvalue weighted by Crippen LogP contribution is 2.20. The van der Waals surface area contributed by atoms with Crippen LogP contribution >= 0.6 is 0 Å². The predicted molar refractivity (Wildman–Crippen MR) is 62.0 cm³/mol. The van der Waals surface area contributed by atoms with Gasteiger partial charge in [-0.25, -0.2) is 0 Å². The van der Waals surface area contributed by atoms with E-state index in [1.165, 1.54) is 6.20 Å². The zero-order valence-electron chi connectivity index (χ0n) is 9.32. The summed E-state index contributed by atoms with van der Waals surface area (Å²) in [5, 5.41) is 29.0. The SMILES string of the molecule is N/C(=N/O)c1ccnnc1N1CCC(O)CC1. The lowest BCUT2D eigenvalue weighted by Gasteiger charge is -2.31. The van der Waals surface area contributed by atoms with Gasteiger partial charge in [-0.3, -0.25) is 0 Å². The van der Waals surface area contributed by atoms with E-state index in [4.69, 9.17) is 10.9 Å². The zero-order chi connectivity index (χ0) is 12.3. The molecule has 0 amide bonds. The number of amidine groups is 1. The Morgan fingerprint density at radius 2 is 2.18 bits per heavy atom. The number of aromatic nitrogens is 2. The highest BCUT2D eigenvalue weighted by molar-refractivity contribution is 6.01. The van der Waals surface area contributed by atoms with Crippen LogP contribution in [0.3, 0.4) is 0 Å². The number of aliphatic hydroxyl groups excluding tert-OH is 1. The Morgan fingerprint density at radius 3 is 2.82 bits per heavy atom. The van der Waals surface area contributed by atoms with E-state index in [1.54, 1.807) is 6.07 Å². The molecule has 0 aromatic carbocycles. The van der Waals surface area contributed by atoms with E-state index in [0.29, 0.717) is 37.3 Å². The van der Waals surface area contributed by atoms with Crippen LogP contribution in [0, 0.1) is 0 Å². The Bertz CT molecular complexity index is 415. The van der Waals surface area contributed by atoms with Gasteiger partial charge in [0.15, 0.2) is 11.7 Å². The summed E-state index contributed by atoms with van der Waals surface area (Å²) >= 11 is 0. The molecule has 2 heterocycles. The summed E-state index contributed by atoms with van der Waals surface area (Å²) in [6.07, 6.45) is 2.61. The summed E-state index contributed by atoms with van der Waals surface area (Å²) in [7, 11) is 0. The molecule has 92 valence electrons. The van der Waals surface area contributed by atoms with Gasteiger partial charge in [-0.05, 0) is 18.9 Å². The monoisotopic (exact) mass is 237 g/mol. The number of hydrogen-bond donors (Lipinski definition) is 3. The Morgan fingerprint density at radius 1 is 1.47 bits per heavy atom. The van der Waals surface area contributed by atoms with Crippen molar-refractivity contribution in [2.75, 3.05) is 18.0 Å². The van der Waals surface area contributed by atoms with E-state index in [1.807, 2.05) is 4.90 Å². The van der Waals surface area contributed by atoms with Gasteiger partial charge in [0, 0.05) is 13.1 Å². The molecule has 0 atom stereocenters. The van der Waals surface area contributed by atoms with Crippen LogP contribution in [0.15, 0.2) is 17.4 Å². The molecular weight excluding hydrogens is 222 g/mol. The molecule has 0 unspecified atom stereocenters. The van der Waals surface area contributed by atoms with Gasteiger partial charge in [0.2, 0.25) is 0 Å². The second-order valence-corrected chi connectivity index (χ2v) is 3.97. The van der Waals surface area contributed by atoms with Crippen molar-refractivity contribution in [1.82, 2.24) is 10.2 Å². The van der Waals surface area contributed by atoms with E-state index >= 15 is 0 Å². The zero-order valence-corrected chi connectivity index (χ0v) is 9.32. The summed E-state index contributed by atoms with van der Waals surface area (Å²) in [6, 6.07) is 1.66. The number of piperidine rings is 1. The molecule has 1 aromatic rings. The van der Waals surface area contributed by atoms with E-state index in [9.17, 15) is 5.11 Å². The molecule has 7 nitrogen and oxygen atoms in total. The number of oxime groups is 1. The third-order valence-electron chi connectivity index (χ3n) is 2.85. The Kier molecular flexibility index (Phi) is 3.38. The highest BCUT2D eigenvalue weighted by atomic mass is 16.4. The van der Waals surface area contributed by atoms with Gasteiger partial charge in [-0.1, -0.05) is 5.16 Å². The highest BCUT2D eigenvalue weighted by Gasteiger charge is 2.21. The number of rotatable bonds is 2. The summed E-state index contributed by atoms with van der Waals surface area (Å²) in [4.78, 5) is 1.98. The maximum Gasteiger partial charge on any atom is 0.173 e. The Balaban J connectivity index is 2.26. The maximum absolute atomic E-state index is 9.45. The minimum absolute atomic E-state index is 0.0148. The number of aliphatic hydroxyl groups is 1. The number of nitrogens with zero attached hydrogens (tertiary/aromatic N) is 4. The van der Waals surface area contributed by atoms with Crippen molar-refractivity contribution in [1.29, 1.82) is 0 Å².